The molecular weight excluding hydrogens is 559 g/mol. The Morgan fingerprint density at radius 3 is 2.15 bits per heavy atom. The van der Waals surface area contributed by atoms with Gasteiger partial charge < -0.3 is 4.98 Å². The molecule has 0 spiro atoms. The molecule has 0 saturated carbocycles. The topological polar surface area (TPSA) is 100 Å². The van der Waals surface area contributed by atoms with Gasteiger partial charge in [0.05, 0.1) is 16.0 Å². The van der Waals surface area contributed by atoms with E-state index in [1.54, 1.807) is 22.8 Å². The monoisotopic (exact) mass is 589 g/mol. The maximum absolute atomic E-state index is 13.3. The number of aryl methyl sites for hydroxylation is 1. The van der Waals surface area contributed by atoms with Gasteiger partial charge in [0.2, 0.25) is 10.0 Å². The smallest absolute Gasteiger partial charge is 0.349 e. The molecule has 2 aromatic heterocycles. The van der Waals surface area contributed by atoms with Gasteiger partial charge in [-0.05, 0) is 47.9 Å². The fraction of sp³-hybridized carbons (Fsp3) is 0.357. The van der Waals surface area contributed by atoms with Gasteiger partial charge in [0.1, 0.15) is 5.52 Å². The van der Waals surface area contributed by atoms with Gasteiger partial charge >= 0.3 is 11.9 Å². The van der Waals surface area contributed by atoms with Crippen molar-refractivity contribution in [2.75, 3.05) is 26.2 Å². The van der Waals surface area contributed by atoms with E-state index in [2.05, 4.69) is 4.98 Å². The van der Waals surface area contributed by atoms with E-state index < -0.39 is 33.0 Å². The molecule has 0 bridgehead atoms. The Morgan fingerprint density at radius 2 is 1.56 bits per heavy atom. The molecule has 0 atom stereocenters. The first-order valence-corrected chi connectivity index (χ1v) is 14.7. The highest BCUT2D eigenvalue weighted by molar-refractivity contribution is 7.89. The number of nitrogens with zero attached hydrogens (tertiary/aromatic N) is 4. The van der Waals surface area contributed by atoms with Crippen molar-refractivity contribution in [2.45, 2.75) is 37.5 Å². The van der Waals surface area contributed by atoms with Gasteiger partial charge in [-0.15, -0.1) is 0 Å². The van der Waals surface area contributed by atoms with Crippen molar-refractivity contribution in [3.8, 4) is 11.3 Å². The van der Waals surface area contributed by atoms with Crippen molar-refractivity contribution < 1.29 is 21.6 Å². The number of aromatic amines is 1. The number of H-pyrrole nitrogens is 1. The summed E-state index contributed by atoms with van der Waals surface area (Å²) in [6.07, 6.45) is -3.67. The number of piperazine rings is 1. The summed E-state index contributed by atoms with van der Waals surface area (Å²) in [5.41, 5.74) is 1.27. The van der Waals surface area contributed by atoms with Gasteiger partial charge in [-0.25, -0.2) is 13.2 Å². The molecule has 1 saturated heterocycles. The molecule has 1 fully saturated rings. The molecule has 41 heavy (non-hydrogen) atoms. The second kappa shape index (κ2) is 11.0. The van der Waals surface area contributed by atoms with Crippen LogP contribution in [-0.2, 0) is 36.3 Å². The van der Waals surface area contributed by atoms with Gasteiger partial charge in [-0.1, -0.05) is 31.2 Å². The molecule has 1 N–H and O–H groups in total. The first-order chi connectivity index (χ1) is 19.4. The number of alkyl halides is 3. The van der Waals surface area contributed by atoms with Crippen molar-refractivity contribution in [3.63, 3.8) is 0 Å². The minimum absolute atomic E-state index is 0.132. The Bertz CT molecular complexity index is 1780. The minimum Gasteiger partial charge on any atom is -0.349 e. The van der Waals surface area contributed by atoms with Crippen LogP contribution in [0, 0.1) is 0 Å². The quantitative estimate of drug-likeness (QED) is 0.355. The second-order valence-electron chi connectivity index (χ2n) is 10.1. The Labute approximate surface area is 234 Å². The molecule has 3 heterocycles. The van der Waals surface area contributed by atoms with Gasteiger partial charge in [0.15, 0.2) is 0 Å². The predicted octanol–water partition coefficient (Wildman–Crippen LogP) is 3.63. The molecule has 1 aliphatic heterocycles. The Hall–Kier alpha value is -3.68. The number of aromatic nitrogens is 3. The van der Waals surface area contributed by atoms with Crippen LogP contribution in [-0.4, -0.2) is 57.9 Å². The molecule has 5 rings (SSSR count). The molecule has 13 heteroatoms. The Morgan fingerprint density at radius 1 is 0.927 bits per heavy atom. The maximum atomic E-state index is 13.3. The minimum atomic E-state index is -4.38. The average molecular weight is 590 g/mol. The van der Waals surface area contributed by atoms with Crippen LogP contribution in [0.1, 0.15) is 24.5 Å². The molecule has 218 valence electrons. The molecule has 9 nitrogen and oxygen atoms in total. The summed E-state index contributed by atoms with van der Waals surface area (Å²) in [6, 6.07) is 13.1. The highest BCUT2D eigenvalue weighted by Gasteiger charge is 2.31. The van der Waals surface area contributed by atoms with Crippen molar-refractivity contribution in [2.24, 2.45) is 7.05 Å². The molecule has 2 aromatic carbocycles. The first kappa shape index (κ1) is 28.8. The summed E-state index contributed by atoms with van der Waals surface area (Å²) < 4.78 is 69.1. The van der Waals surface area contributed by atoms with Gasteiger partial charge in [-0.3, -0.25) is 18.8 Å². The van der Waals surface area contributed by atoms with Gasteiger partial charge in [0.25, 0.3) is 5.56 Å². The fourth-order valence-corrected chi connectivity index (χ4v) is 6.52. The number of fused-ring (bicyclic) bond motifs is 1. The number of hydrogen-bond acceptors (Lipinski definition) is 5. The van der Waals surface area contributed by atoms with E-state index in [-0.39, 0.29) is 18.0 Å². The second-order valence-corrected chi connectivity index (χ2v) is 12.1. The Balaban J connectivity index is 1.29. The van der Waals surface area contributed by atoms with E-state index in [9.17, 15) is 31.2 Å². The zero-order chi connectivity index (χ0) is 29.5. The van der Waals surface area contributed by atoms with Gasteiger partial charge in [0, 0.05) is 52.0 Å². The van der Waals surface area contributed by atoms with Crippen molar-refractivity contribution in [1.29, 1.82) is 0 Å². The molecule has 0 unspecified atom stereocenters. The molecule has 1 aliphatic rings. The molecule has 0 radical (unpaired) electrons. The third kappa shape index (κ3) is 5.61. The lowest BCUT2D eigenvalue weighted by Crippen LogP contribution is -2.48. The summed E-state index contributed by atoms with van der Waals surface area (Å²) in [4.78, 5) is 30.5. The maximum Gasteiger partial charge on any atom is 0.416 e. The van der Waals surface area contributed by atoms with Crippen LogP contribution in [0.15, 0.2) is 69.1 Å². The van der Waals surface area contributed by atoms with E-state index in [4.69, 9.17) is 0 Å². The zero-order valence-corrected chi connectivity index (χ0v) is 23.4. The lowest BCUT2D eigenvalue weighted by molar-refractivity contribution is -0.137. The zero-order valence-electron chi connectivity index (χ0n) is 22.6. The lowest BCUT2D eigenvalue weighted by Gasteiger charge is -2.34. The van der Waals surface area contributed by atoms with Crippen LogP contribution in [0.25, 0.3) is 22.3 Å². The van der Waals surface area contributed by atoms with Crippen LogP contribution in [0.2, 0.25) is 0 Å². The van der Waals surface area contributed by atoms with Crippen LogP contribution in [0.5, 0.6) is 0 Å². The highest BCUT2D eigenvalue weighted by atomic mass is 32.2. The number of nitrogens with one attached hydrogen (secondary N) is 1. The number of rotatable bonds is 7. The van der Waals surface area contributed by atoms with E-state index >= 15 is 0 Å². The van der Waals surface area contributed by atoms with Gasteiger partial charge in [-0.2, -0.15) is 17.5 Å². The largest absolute Gasteiger partial charge is 0.416 e. The molecule has 0 aliphatic carbocycles. The number of sulfonamides is 1. The highest BCUT2D eigenvalue weighted by Crippen LogP contribution is 2.29. The summed E-state index contributed by atoms with van der Waals surface area (Å²) in [6.45, 7) is 4.23. The molecule has 4 aromatic rings. The van der Waals surface area contributed by atoms with Crippen molar-refractivity contribution in [3.05, 3.63) is 86.6 Å². The summed E-state index contributed by atoms with van der Waals surface area (Å²) in [7, 11) is -2.33. The average Bonchev–Trinajstić information content (AvgIpc) is 3.40. The van der Waals surface area contributed by atoms with E-state index in [1.165, 1.54) is 35.6 Å². The van der Waals surface area contributed by atoms with Crippen LogP contribution in [0.3, 0.4) is 0 Å². The van der Waals surface area contributed by atoms with E-state index in [1.807, 2.05) is 11.8 Å². The first-order valence-electron chi connectivity index (χ1n) is 13.2. The molecule has 0 amide bonds. The third-order valence-electron chi connectivity index (χ3n) is 7.39. The molecular formula is C28H30F3N5O4S. The lowest BCUT2D eigenvalue weighted by atomic mass is 10.1. The summed E-state index contributed by atoms with van der Waals surface area (Å²) in [5, 5.41) is 0. The SMILES string of the molecule is CCCn1c(=O)n(C)c(=O)c2[nH]c(-c3ccc(S(=O)(=O)N4CCN(Cc5ccc(C(F)(F)F)cc5)CC4)cc3)cc21. The number of halogens is 3. The predicted molar refractivity (Wildman–Crippen MR) is 149 cm³/mol. The van der Waals surface area contributed by atoms with E-state index in [0.29, 0.717) is 54.9 Å². The van der Waals surface area contributed by atoms with E-state index in [0.717, 1.165) is 22.3 Å². The number of hydrogen-bond donors (Lipinski definition) is 1. The summed E-state index contributed by atoms with van der Waals surface area (Å²) >= 11 is 0. The summed E-state index contributed by atoms with van der Waals surface area (Å²) in [5.74, 6) is 0. The third-order valence-corrected chi connectivity index (χ3v) is 9.31. The van der Waals surface area contributed by atoms with Crippen LogP contribution >= 0.6 is 0 Å². The number of benzene rings is 2. The standard InChI is InChI=1S/C28H30F3N5O4S/c1-3-12-36-24-17-23(32-25(24)26(37)33(2)27(36)38)20-6-10-22(11-7-20)41(39,40)35-15-13-34(14-16-35)18-19-4-8-21(9-5-19)28(29,30)31/h4-11,17,32H,3,12-16,18H2,1-2H3. The Kier molecular flexibility index (Phi) is 7.70. The van der Waals surface area contributed by atoms with Crippen LogP contribution in [0.4, 0.5) is 13.2 Å². The van der Waals surface area contributed by atoms with Crippen molar-refractivity contribution >= 4 is 21.1 Å². The normalized spacial score (nSPS) is 15.5. The fourth-order valence-electron chi connectivity index (χ4n) is 5.09. The van der Waals surface area contributed by atoms with Crippen molar-refractivity contribution in [1.82, 2.24) is 23.3 Å². The van der Waals surface area contributed by atoms with Crippen LogP contribution < -0.4 is 11.2 Å².